The van der Waals surface area contributed by atoms with Gasteiger partial charge in [0.15, 0.2) is 0 Å². The van der Waals surface area contributed by atoms with Gasteiger partial charge in [0.05, 0.1) is 17.4 Å². The lowest BCUT2D eigenvalue weighted by atomic mass is 9.89. The van der Waals surface area contributed by atoms with E-state index in [1.54, 1.807) is 13.8 Å². The molecule has 0 saturated carbocycles. The van der Waals surface area contributed by atoms with Crippen molar-refractivity contribution in [2.75, 3.05) is 6.61 Å². The molecule has 1 aliphatic rings. The molecule has 1 atom stereocenters. The summed E-state index contributed by atoms with van der Waals surface area (Å²) in [5, 5.41) is 0. The maximum Gasteiger partial charge on any atom is 0.347 e. The van der Waals surface area contributed by atoms with E-state index in [1.807, 2.05) is 27.7 Å². The van der Waals surface area contributed by atoms with Crippen molar-refractivity contribution in [3.63, 3.8) is 0 Å². The number of carbonyl (C=O) groups excluding carboxylic acids is 3. The van der Waals surface area contributed by atoms with Crippen LogP contribution in [-0.4, -0.2) is 36.7 Å². The van der Waals surface area contributed by atoms with Crippen LogP contribution in [0.5, 0.6) is 0 Å². The molecule has 1 rings (SSSR count). The van der Waals surface area contributed by atoms with Crippen LogP contribution >= 0.6 is 0 Å². The predicted octanol–water partition coefficient (Wildman–Crippen LogP) is 4.93. The van der Waals surface area contributed by atoms with Crippen LogP contribution in [0, 0.1) is 22.7 Å². The lowest BCUT2D eigenvalue weighted by Crippen LogP contribution is -2.35. The van der Waals surface area contributed by atoms with Crippen LogP contribution in [0.15, 0.2) is 0 Å². The number of carbonyl (C=O) groups is 3. The van der Waals surface area contributed by atoms with Crippen LogP contribution in [0.1, 0.15) is 88.5 Å². The van der Waals surface area contributed by atoms with E-state index in [0.29, 0.717) is 31.3 Å². The second kappa shape index (κ2) is 11.6. The Labute approximate surface area is 177 Å². The SMILES string of the molecule is CCC(C)(C)C(=O)OC(C(C)C)C(C)C.CCC(C)(C)C(=O)OC1CCOC1=O. The van der Waals surface area contributed by atoms with E-state index in [1.165, 1.54) is 0 Å². The summed E-state index contributed by atoms with van der Waals surface area (Å²) in [6, 6.07) is 0. The summed E-state index contributed by atoms with van der Waals surface area (Å²) >= 11 is 0. The van der Waals surface area contributed by atoms with Gasteiger partial charge in [0.1, 0.15) is 6.10 Å². The molecule has 0 N–H and O–H groups in total. The molecule has 0 bridgehead atoms. The molecule has 0 amide bonds. The molecular formula is C23H42O6. The fourth-order valence-electron chi connectivity index (χ4n) is 2.49. The molecule has 1 fully saturated rings. The van der Waals surface area contributed by atoms with E-state index < -0.39 is 17.5 Å². The average molecular weight is 415 g/mol. The number of esters is 3. The van der Waals surface area contributed by atoms with Crippen molar-refractivity contribution in [3.8, 4) is 0 Å². The minimum Gasteiger partial charge on any atom is -0.463 e. The summed E-state index contributed by atoms with van der Waals surface area (Å²) < 4.78 is 15.4. The molecular weight excluding hydrogens is 372 g/mol. The Hall–Kier alpha value is -1.59. The Balaban J connectivity index is 0.000000541. The number of rotatable bonds is 8. The number of hydrogen-bond acceptors (Lipinski definition) is 6. The number of hydrogen-bond donors (Lipinski definition) is 0. The van der Waals surface area contributed by atoms with Gasteiger partial charge in [-0.05, 0) is 52.4 Å². The van der Waals surface area contributed by atoms with Gasteiger partial charge in [-0.15, -0.1) is 0 Å². The molecule has 0 aromatic carbocycles. The van der Waals surface area contributed by atoms with Gasteiger partial charge < -0.3 is 14.2 Å². The van der Waals surface area contributed by atoms with Gasteiger partial charge in [0.25, 0.3) is 0 Å². The number of cyclic esters (lactones) is 1. The van der Waals surface area contributed by atoms with E-state index in [9.17, 15) is 14.4 Å². The van der Waals surface area contributed by atoms with Gasteiger partial charge in [-0.25, -0.2) is 4.79 Å². The van der Waals surface area contributed by atoms with Crippen molar-refractivity contribution >= 4 is 17.9 Å². The zero-order valence-electron chi connectivity index (χ0n) is 20.1. The summed E-state index contributed by atoms with van der Waals surface area (Å²) in [5.74, 6) is -0.0743. The van der Waals surface area contributed by atoms with E-state index in [4.69, 9.17) is 14.2 Å². The Morgan fingerprint density at radius 1 is 0.966 bits per heavy atom. The highest BCUT2D eigenvalue weighted by Crippen LogP contribution is 2.26. The van der Waals surface area contributed by atoms with Crippen LogP contribution < -0.4 is 0 Å². The molecule has 29 heavy (non-hydrogen) atoms. The fraction of sp³-hybridized carbons (Fsp3) is 0.870. The largest absolute Gasteiger partial charge is 0.463 e. The van der Waals surface area contributed by atoms with E-state index in [-0.39, 0.29) is 23.5 Å². The normalized spacial score (nSPS) is 17.1. The molecule has 0 spiro atoms. The summed E-state index contributed by atoms with van der Waals surface area (Å²) in [4.78, 5) is 34.5. The molecule has 170 valence electrons. The van der Waals surface area contributed by atoms with Crippen molar-refractivity contribution in [3.05, 3.63) is 0 Å². The van der Waals surface area contributed by atoms with Gasteiger partial charge in [0, 0.05) is 6.42 Å². The number of ether oxygens (including phenoxy) is 3. The van der Waals surface area contributed by atoms with E-state index in [0.717, 1.165) is 6.42 Å². The highest BCUT2D eigenvalue weighted by atomic mass is 16.6. The summed E-state index contributed by atoms with van der Waals surface area (Å²) in [7, 11) is 0. The second-order valence-electron chi connectivity index (χ2n) is 9.68. The topological polar surface area (TPSA) is 78.9 Å². The Bertz CT molecular complexity index is 540. The smallest absolute Gasteiger partial charge is 0.347 e. The maximum absolute atomic E-state index is 11.9. The van der Waals surface area contributed by atoms with Crippen molar-refractivity contribution in [2.45, 2.75) is 101 Å². The zero-order valence-corrected chi connectivity index (χ0v) is 20.1. The molecule has 6 heteroatoms. The third kappa shape index (κ3) is 8.75. The summed E-state index contributed by atoms with van der Waals surface area (Å²) in [5.41, 5.74) is -0.884. The monoisotopic (exact) mass is 414 g/mol. The van der Waals surface area contributed by atoms with Crippen molar-refractivity contribution < 1.29 is 28.6 Å². The Morgan fingerprint density at radius 2 is 1.41 bits per heavy atom. The molecule has 6 nitrogen and oxygen atoms in total. The first-order chi connectivity index (χ1) is 13.2. The molecule has 0 aromatic heterocycles. The van der Waals surface area contributed by atoms with Gasteiger partial charge in [-0.1, -0.05) is 41.5 Å². The molecule has 1 aliphatic heterocycles. The maximum atomic E-state index is 11.9. The molecule has 1 heterocycles. The van der Waals surface area contributed by atoms with Crippen LogP contribution in [0.25, 0.3) is 0 Å². The minimum absolute atomic E-state index is 0.0309. The quantitative estimate of drug-likeness (QED) is 0.414. The molecule has 1 saturated heterocycles. The molecule has 0 radical (unpaired) electrons. The van der Waals surface area contributed by atoms with Gasteiger partial charge in [-0.2, -0.15) is 0 Å². The highest BCUT2D eigenvalue weighted by Gasteiger charge is 2.35. The highest BCUT2D eigenvalue weighted by molar-refractivity contribution is 5.82. The van der Waals surface area contributed by atoms with Crippen molar-refractivity contribution in [2.24, 2.45) is 22.7 Å². The molecule has 0 aliphatic carbocycles. The first-order valence-corrected chi connectivity index (χ1v) is 10.8. The van der Waals surface area contributed by atoms with Gasteiger partial charge in [0.2, 0.25) is 6.10 Å². The Morgan fingerprint density at radius 3 is 1.76 bits per heavy atom. The van der Waals surface area contributed by atoms with E-state index in [2.05, 4.69) is 27.7 Å². The molecule has 1 unspecified atom stereocenters. The second-order valence-corrected chi connectivity index (χ2v) is 9.68. The van der Waals surface area contributed by atoms with Gasteiger partial charge in [-0.3, -0.25) is 9.59 Å². The van der Waals surface area contributed by atoms with Crippen molar-refractivity contribution in [1.82, 2.24) is 0 Å². The van der Waals surface area contributed by atoms with Gasteiger partial charge >= 0.3 is 17.9 Å². The standard InChI is InChI=1S/C13H26O2.C10H16O4/c1-8-13(6,7)12(14)15-11(9(2)3)10(4)5;1-4-10(2,3)9(12)14-7-5-6-13-8(7)11/h9-11H,8H2,1-7H3;7H,4-6H2,1-3H3. The van der Waals surface area contributed by atoms with Crippen LogP contribution in [0.2, 0.25) is 0 Å². The first kappa shape index (κ1) is 27.4. The fourth-order valence-corrected chi connectivity index (χ4v) is 2.49. The first-order valence-electron chi connectivity index (χ1n) is 10.8. The predicted molar refractivity (Wildman–Crippen MR) is 113 cm³/mol. The summed E-state index contributed by atoms with van der Waals surface area (Å²) in [6.07, 6.45) is 1.32. The van der Waals surface area contributed by atoms with E-state index >= 15 is 0 Å². The lowest BCUT2D eigenvalue weighted by molar-refractivity contribution is -0.167. The van der Waals surface area contributed by atoms with Crippen molar-refractivity contribution in [1.29, 1.82) is 0 Å². The van der Waals surface area contributed by atoms with Crippen LogP contribution in [0.4, 0.5) is 0 Å². The Kier molecular flexibility index (Phi) is 10.9. The minimum atomic E-state index is -0.687. The third-order valence-corrected chi connectivity index (χ3v) is 5.57. The third-order valence-electron chi connectivity index (χ3n) is 5.57. The summed E-state index contributed by atoms with van der Waals surface area (Å²) in [6.45, 7) is 20.1. The van der Waals surface area contributed by atoms with Crippen LogP contribution in [-0.2, 0) is 28.6 Å². The molecule has 0 aromatic rings. The van der Waals surface area contributed by atoms with Crippen LogP contribution in [0.3, 0.4) is 0 Å². The average Bonchev–Trinajstić information content (AvgIpc) is 3.03. The lowest BCUT2D eigenvalue weighted by Gasteiger charge is -2.29. The zero-order chi connectivity index (χ0) is 23.0.